The van der Waals surface area contributed by atoms with E-state index in [2.05, 4.69) is 4.98 Å². The molecule has 5 nitrogen and oxygen atoms in total. The molecule has 1 aliphatic rings. The Morgan fingerprint density at radius 2 is 2.37 bits per heavy atom. The van der Waals surface area contributed by atoms with Crippen LogP contribution in [0.15, 0.2) is 29.9 Å². The van der Waals surface area contributed by atoms with Gasteiger partial charge in [0.2, 0.25) is 5.91 Å². The molecule has 0 radical (unpaired) electrons. The average molecular weight is 276 g/mol. The van der Waals surface area contributed by atoms with E-state index in [0.717, 1.165) is 23.5 Å². The number of nitrogens with zero attached hydrogens (tertiary/aromatic N) is 2. The maximum atomic E-state index is 11.7. The van der Waals surface area contributed by atoms with Gasteiger partial charge < -0.3 is 16.0 Å². The first-order valence-electron chi connectivity index (χ1n) is 6.25. The van der Waals surface area contributed by atoms with E-state index >= 15 is 0 Å². The van der Waals surface area contributed by atoms with Crippen molar-refractivity contribution in [2.45, 2.75) is 24.9 Å². The van der Waals surface area contributed by atoms with Gasteiger partial charge in [-0.25, -0.2) is 4.98 Å². The average Bonchev–Trinajstić information content (AvgIpc) is 2.92. The van der Waals surface area contributed by atoms with Crippen molar-refractivity contribution in [2.24, 2.45) is 17.4 Å². The minimum absolute atomic E-state index is 0.198. The molecule has 0 aromatic carbocycles. The SMILES string of the molecule is NC(=O)C(N)(Cn1ccnc1-c1cccs1)C1CC1. The number of primary amides is 1. The molecule has 2 aromatic heterocycles. The van der Waals surface area contributed by atoms with Gasteiger partial charge in [0.25, 0.3) is 0 Å². The van der Waals surface area contributed by atoms with E-state index in [0.29, 0.717) is 6.54 Å². The number of thiophene rings is 1. The van der Waals surface area contributed by atoms with Crippen LogP contribution in [0.3, 0.4) is 0 Å². The Morgan fingerprint density at radius 3 is 2.95 bits per heavy atom. The van der Waals surface area contributed by atoms with Crippen LogP contribution in [0, 0.1) is 5.92 Å². The van der Waals surface area contributed by atoms with Crippen LogP contribution in [0.25, 0.3) is 10.7 Å². The second-order valence-electron chi connectivity index (χ2n) is 5.03. The Balaban J connectivity index is 1.91. The molecule has 6 heteroatoms. The zero-order valence-corrected chi connectivity index (χ0v) is 11.3. The Kier molecular flexibility index (Phi) is 2.91. The van der Waals surface area contributed by atoms with Crippen molar-refractivity contribution in [1.82, 2.24) is 9.55 Å². The fourth-order valence-electron chi connectivity index (χ4n) is 2.36. The largest absolute Gasteiger partial charge is 0.368 e. The van der Waals surface area contributed by atoms with Crippen LogP contribution in [-0.4, -0.2) is 21.0 Å². The molecule has 1 amide bonds. The van der Waals surface area contributed by atoms with Crippen LogP contribution in [0.4, 0.5) is 0 Å². The molecule has 4 N–H and O–H groups in total. The first kappa shape index (κ1) is 12.4. The zero-order chi connectivity index (χ0) is 13.5. The van der Waals surface area contributed by atoms with E-state index in [4.69, 9.17) is 11.5 Å². The highest BCUT2D eigenvalue weighted by Gasteiger charge is 2.47. The maximum Gasteiger partial charge on any atom is 0.239 e. The summed E-state index contributed by atoms with van der Waals surface area (Å²) in [6.07, 6.45) is 5.52. The Morgan fingerprint density at radius 1 is 1.58 bits per heavy atom. The number of amides is 1. The van der Waals surface area contributed by atoms with Crippen LogP contribution >= 0.6 is 11.3 Å². The monoisotopic (exact) mass is 276 g/mol. The van der Waals surface area contributed by atoms with Crippen molar-refractivity contribution >= 4 is 17.2 Å². The Bertz CT molecular complexity index is 588. The van der Waals surface area contributed by atoms with Crippen molar-refractivity contribution < 1.29 is 4.79 Å². The number of hydrogen-bond donors (Lipinski definition) is 2. The lowest BCUT2D eigenvalue weighted by atomic mass is 9.93. The molecule has 1 fully saturated rings. The molecule has 3 rings (SSSR count). The van der Waals surface area contributed by atoms with Gasteiger partial charge >= 0.3 is 0 Å². The van der Waals surface area contributed by atoms with Crippen LogP contribution in [0.5, 0.6) is 0 Å². The molecule has 19 heavy (non-hydrogen) atoms. The third kappa shape index (κ3) is 2.17. The summed E-state index contributed by atoms with van der Waals surface area (Å²) in [6.45, 7) is 0.389. The summed E-state index contributed by atoms with van der Waals surface area (Å²) in [6, 6.07) is 3.98. The van der Waals surface area contributed by atoms with Crippen LogP contribution < -0.4 is 11.5 Å². The first-order valence-corrected chi connectivity index (χ1v) is 7.13. The molecule has 0 aliphatic heterocycles. The second-order valence-corrected chi connectivity index (χ2v) is 5.98. The van der Waals surface area contributed by atoms with Crippen LogP contribution in [-0.2, 0) is 11.3 Å². The van der Waals surface area contributed by atoms with E-state index in [1.165, 1.54) is 0 Å². The lowest BCUT2D eigenvalue weighted by molar-refractivity contribution is -0.124. The number of carbonyl (C=O) groups excluding carboxylic acids is 1. The zero-order valence-electron chi connectivity index (χ0n) is 10.5. The van der Waals surface area contributed by atoms with E-state index in [-0.39, 0.29) is 5.92 Å². The molecule has 0 saturated heterocycles. The highest BCUT2D eigenvalue weighted by atomic mass is 32.1. The van der Waals surface area contributed by atoms with Gasteiger partial charge in [0.05, 0.1) is 11.4 Å². The summed E-state index contributed by atoms with van der Waals surface area (Å²) < 4.78 is 1.93. The normalized spacial score (nSPS) is 18.2. The molecule has 100 valence electrons. The van der Waals surface area contributed by atoms with Crippen LogP contribution in [0.1, 0.15) is 12.8 Å². The van der Waals surface area contributed by atoms with Gasteiger partial charge in [0.15, 0.2) is 0 Å². The van der Waals surface area contributed by atoms with Crippen molar-refractivity contribution in [3.05, 3.63) is 29.9 Å². The summed E-state index contributed by atoms with van der Waals surface area (Å²) in [5.74, 6) is 0.608. The topological polar surface area (TPSA) is 86.9 Å². The molecular formula is C13H16N4OS. The summed E-state index contributed by atoms with van der Waals surface area (Å²) in [5, 5.41) is 2.00. The molecule has 1 unspecified atom stereocenters. The number of rotatable bonds is 5. The third-order valence-corrected chi connectivity index (χ3v) is 4.52. The predicted octanol–water partition coefficient (Wildman–Crippen LogP) is 1.20. The summed E-state index contributed by atoms with van der Waals surface area (Å²) in [7, 11) is 0. The van der Waals surface area contributed by atoms with Crippen LogP contribution in [0.2, 0.25) is 0 Å². The molecule has 2 heterocycles. The molecular weight excluding hydrogens is 260 g/mol. The van der Waals surface area contributed by atoms with Gasteiger partial charge in [0.1, 0.15) is 11.4 Å². The Hall–Kier alpha value is -1.66. The number of nitrogens with two attached hydrogens (primary N) is 2. The van der Waals surface area contributed by atoms with Gasteiger partial charge in [-0.3, -0.25) is 4.79 Å². The van der Waals surface area contributed by atoms with Crippen molar-refractivity contribution in [3.63, 3.8) is 0 Å². The van der Waals surface area contributed by atoms with Gasteiger partial charge in [-0.2, -0.15) is 0 Å². The predicted molar refractivity (Wildman–Crippen MR) is 74.4 cm³/mol. The minimum Gasteiger partial charge on any atom is -0.368 e. The maximum absolute atomic E-state index is 11.7. The highest BCUT2D eigenvalue weighted by molar-refractivity contribution is 7.13. The number of imidazole rings is 1. The number of hydrogen-bond acceptors (Lipinski definition) is 4. The standard InChI is InChI=1S/C13H16N4OS/c14-12(18)13(15,9-3-4-9)8-17-6-5-16-11(17)10-2-1-7-19-10/h1-2,5-7,9H,3-4,8,15H2,(H2,14,18). The molecule has 1 saturated carbocycles. The van der Waals surface area contributed by atoms with Gasteiger partial charge in [0, 0.05) is 12.4 Å². The van der Waals surface area contributed by atoms with E-state index in [9.17, 15) is 4.79 Å². The van der Waals surface area contributed by atoms with E-state index < -0.39 is 11.4 Å². The number of carbonyl (C=O) groups is 1. The second kappa shape index (κ2) is 4.47. The van der Waals surface area contributed by atoms with E-state index in [1.807, 2.05) is 28.3 Å². The van der Waals surface area contributed by atoms with Gasteiger partial charge in [-0.1, -0.05) is 6.07 Å². The lowest BCUT2D eigenvalue weighted by Gasteiger charge is -2.26. The molecule has 0 bridgehead atoms. The van der Waals surface area contributed by atoms with Crippen molar-refractivity contribution in [3.8, 4) is 10.7 Å². The first-order chi connectivity index (χ1) is 9.11. The third-order valence-electron chi connectivity index (χ3n) is 3.65. The molecule has 1 atom stereocenters. The summed E-state index contributed by atoms with van der Waals surface area (Å²) >= 11 is 1.61. The van der Waals surface area contributed by atoms with Crippen molar-refractivity contribution in [2.75, 3.05) is 0 Å². The summed E-state index contributed by atoms with van der Waals surface area (Å²) in [5.41, 5.74) is 10.8. The fraction of sp³-hybridized carbons (Fsp3) is 0.385. The van der Waals surface area contributed by atoms with Gasteiger partial charge in [-0.15, -0.1) is 11.3 Å². The van der Waals surface area contributed by atoms with Gasteiger partial charge in [-0.05, 0) is 30.2 Å². The minimum atomic E-state index is -0.966. The quantitative estimate of drug-likeness (QED) is 0.860. The molecule has 0 spiro atoms. The molecule has 1 aliphatic carbocycles. The Labute approximate surface area is 115 Å². The molecule has 2 aromatic rings. The fourth-order valence-corrected chi connectivity index (χ4v) is 3.09. The van der Waals surface area contributed by atoms with E-state index in [1.54, 1.807) is 17.5 Å². The lowest BCUT2D eigenvalue weighted by Crippen LogP contribution is -2.56. The summed E-state index contributed by atoms with van der Waals surface area (Å²) in [4.78, 5) is 17.1. The smallest absolute Gasteiger partial charge is 0.239 e. The highest BCUT2D eigenvalue weighted by Crippen LogP contribution is 2.39. The number of aromatic nitrogens is 2. The van der Waals surface area contributed by atoms with Crippen molar-refractivity contribution in [1.29, 1.82) is 0 Å².